The van der Waals surface area contributed by atoms with Crippen LogP contribution in [0.5, 0.6) is 0 Å². The first-order valence-electron chi connectivity index (χ1n) is 5.55. The summed E-state index contributed by atoms with van der Waals surface area (Å²) in [6.45, 7) is 2.26. The van der Waals surface area contributed by atoms with Crippen molar-refractivity contribution in [3.63, 3.8) is 0 Å². The van der Waals surface area contributed by atoms with Crippen LogP contribution in [0.4, 0.5) is 0 Å². The molecular formula is C11H17ClN2S. The van der Waals surface area contributed by atoms with Gasteiger partial charge in [0.1, 0.15) is 9.34 Å². The molecule has 2 N–H and O–H groups in total. The number of hydrogen-bond acceptors (Lipinski definition) is 3. The zero-order valence-corrected chi connectivity index (χ0v) is 10.6. The van der Waals surface area contributed by atoms with Gasteiger partial charge in [-0.2, -0.15) is 0 Å². The summed E-state index contributed by atoms with van der Waals surface area (Å²) in [6, 6.07) is 0. The predicted molar refractivity (Wildman–Crippen MR) is 65.2 cm³/mol. The van der Waals surface area contributed by atoms with Crippen LogP contribution in [0.2, 0.25) is 4.34 Å². The van der Waals surface area contributed by atoms with Crippen LogP contribution >= 0.6 is 22.9 Å². The van der Waals surface area contributed by atoms with Gasteiger partial charge in [-0.25, -0.2) is 4.98 Å². The lowest BCUT2D eigenvalue weighted by atomic mass is 9.76. The van der Waals surface area contributed by atoms with E-state index in [0.29, 0.717) is 0 Å². The van der Waals surface area contributed by atoms with Crippen molar-refractivity contribution in [2.75, 3.05) is 0 Å². The van der Waals surface area contributed by atoms with Crippen molar-refractivity contribution in [1.29, 1.82) is 0 Å². The summed E-state index contributed by atoms with van der Waals surface area (Å²) >= 11 is 7.43. The number of thiazole rings is 1. The molecule has 1 aromatic rings. The SMILES string of the molecule is CCC1CCC(N)(c2ncc(Cl)s2)CC1. The van der Waals surface area contributed by atoms with Crippen LogP contribution in [-0.2, 0) is 5.54 Å². The number of aromatic nitrogens is 1. The molecule has 1 fully saturated rings. The lowest BCUT2D eigenvalue weighted by molar-refractivity contribution is 0.231. The molecule has 0 bridgehead atoms. The number of hydrogen-bond donors (Lipinski definition) is 1. The molecule has 2 rings (SSSR count). The highest BCUT2D eigenvalue weighted by Gasteiger charge is 2.35. The van der Waals surface area contributed by atoms with Gasteiger partial charge in [0.05, 0.1) is 11.7 Å². The zero-order valence-electron chi connectivity index (χ0n) is 9.00. The molecule has 1 heterocycles. The maximum atomic E-state index is 6.40. The molecule has 0 unspecified atom stereocenters. The average molecular weight is 245 g/mol. The molecule has 1 aromatic heterocycles. The smallest absolute Gasteiger partial charge is 0.114 e. The maximum Gasteiger partial charge on any atom is 0.114 e. The fourth-order valence-electron chi connectivity index (χ4n) is 2.30. The zero-order chi connectivity index (χ0) is 10.9. The molecule has 0 atom stereocenters. The first-order valence-corrected chi connectivity index (χ1v) is 6.74. The average Bonchev–Trinajstić information content (AvgIpc) is 2.67. The second-order valence-electron chi connectivity index (χ2n) is 4.48. The molecule has 1 aliphatic rings. The molecule has 1 aliphatic carbocycles. The van der Waals surface area contributed by atoms with Crippen molar-refractivity contribution in [2.45, 2.75) is 44.6 Å². The van der Waals surface area contributed by atoms with Gasteiger partial charge in [0, 0.05) is 0 Å². The molecule has 84 valence electrons. The first kappa shape index (κ1) is 11.4. The molecule has 0 radical (unpaired) electrons. The lowest BCUT2D eigenvalue weighted by Gasteiger charge is -2.35. The van der Waals surface area contributed by atoms with Gasteiger partial charge >= 0.3 is 0 Å². The van der Waals surface area contributed by atoms with Gasteiger partial charge in [-0.1, -0.05) is 24.9 Å². The normalized spacial score (nSPS) is 31.8. The Bertz CT molecular complexity index is 329. The van der Waals surface area contributed by atoms with Crippen molar-refractivity contribution in [1.82, 2.24) is 4.98 Å². The fraction of sp³-hybridized carbons (Fsp3) is 0.727. The number of nitrogens with two attached hydrogens (primary N) is 1. The van der Waals surface area contributed by atoms with E-state index in [0.717, 1.165) is 28.1 Å². The number of nitrogens with zero attached hydrogens (tertiary/aromatic N) is 1. The molecule has 0 spiro atoms. The van der Waals surface area contributed by atoms with Crippen molar-refractivity contribution in [2.24, 2.45) is 11.7 Å². The summed E-state index contributed by atoms with van der Waals surface area (Å²) in [4.78, 5) is 4.32. The minimum Gasteiger partial charge on any atom is -0.319 e. The van der Waals surface area contributed by atoms with E-state index in [1.165, 1.54) is 30.6 Å². The van der Waals surface area contributed by atoms with E-state index in [-0.39, 0.29) is 5.54 Å². The number of rotatable bonds is 2. The van der Waals surface area contributed by atoms with Crippen molar-refractivity contribution >= 4 is 22.9 Å². The Kier molecular flexibility index (Phi) is 3.33. The van der Waals surface area contributed by atoms with Crippen molar-refractivity contribution in [3.05, 3.63) is 15.5 Å². The second-order valence-corrected chi connectivity index (χ2v) is 6.14. The Hall–Kier alpha value is -0.120. The van der Waals surface area contributed by atoms with Crippen molar-refractivity contribution < 1.29 is 0 Å². The summed E-state index contributed by atoms with van der Waals surface area (Å²) < 4.78 is 0.743. The van der Waals surface area contributed by atoms with Gasteiger partial charge in [0.15, 0.2) is 0 Å². The van der Waals surface area contributed by atoms with Crippen LogP contribution in [0.15, 0.2) is 6.20 Å². The van der Waals surface area contributed by atoms with Gasteiger partial charge in [-0.05, 0) is 31.6 Å². The van der Waals surface area contributed by atoms with Crippen LogP contribution in [0, 0.1) is 5.92 Å². The Balaban J connectivity index is 2.09. The molecule has 0 aromatic carbocycles. The Morgan fingerprint density at radius 3 is 2.73 bits per heavy atom. The van der Waals surface area contributed by atoms with E-state index in [1.807, 2.05) is 0 Å². The van der Waals surface area contributed by atoms with Gasteiger partial charge in [-0.15, -0.1) is 11.3 Å². The number of halogens is 1. The summed E-state index contributed by atoms with van der Waals surface area (Å²) in [7, 11) is 0. The van der Waals surface area contributed by atoms with Crippen LogP contribution in [0.3, 0.4) is 0 Å². The molecule has 15 heavy (non-hydrogen) atoms. The molecule has 0 aliphatic heterocycles. The summed E-state index contributed by atoms with van der Waals surface area (Å²) in [5.74, 6) is 0.858. The molecule has 1 saturated carbocycles. The molecule has 0 amide bonds. The highest BCUT2D eigenvalue weighted by Crippen LogP contribution is 2.40. The van der Waals surface area contributed by atoms with E-state index in [4.69, 9.17) is 17.3 Å². The topological polar surface area (TPSA) is 38.9 Å². The minimum atomic E-state index is -0.205. The van der Waals surface area contributed by atoms with Crippen LogP contribution < -0.4 is 5.73 Å². The lowest BCUT2D eigenvalue weighted by Crippen LogP contribution is -2.40. The van der Waals surface area contributed by atoms with E-state index in [1.54, 1.807) is 6.20 Å². The van der Waals surface area contributed by atoms with Gasteiger partial charge in [-0.3, -0.25) is 0 Å². The summed E-state index contributed by atoms with van der Waals surface area (Å²) in [6.07, 6.45) is 7.54. The molecule has 2 nitrogen and oxygen atoms in total. The third-order valence-corrected chi connectivity index (χ3v) is 4.81. The summed E-state index contributed by atoms with van der Waals surface area (Å²) in [5, 5.41) is 1.02. The van der Waals surface area contributed by atoms with Crippen LogP contribution in [-0.4, -0.2) is 4.98 Å². The third kappa shape index (κ3) is 2.35. The Morgan fingerprint density at radius 2 is 2.27 bits per heavy atom. The monoisotopic (exact) mass is 244 g/mol. The predicted octanol–water partition coefficient (Wildman–Crippen LogP) is 3.55. The van der Waals surface area contributed by atoms with Gasteiger partial charge in [0.25, 0.3) is 0 Å². The molecule has 4 heteroatoms. The van der Waals surface area contributed by atoms with Crippen LogP contribution in [0.1, 0.15) is 44.0 Å². The minimum absolute atomic E-state index is 0.205. The van der Waals surface area contributed by atoms with E-state index in [2.05, 4.69) is 11.9 Å². The molecule has 0 saturated heterocycles. The summed E-state index contributed by atoms with van der Waals surface area (Å²) in [5.41, 5.74) is 6.20. The standard InChI is InChI=1S/C11H17ClN2S/c1-2-8-3-5-11(13,6-4-8)10-14-7-9(12)15-10/h7-8H,2-6,13H2,1H3. The highest BCUT2D eigenvalue weighted by molar-refractivity contribution is 7.15. The van der Waals surface area contributed by atoms with E-state index >= 15 is 0 Å². The largest absolute Gasteiger partial charge is 0.319 e. The van der Waals surface area contributed by atoms with Gasteiger partial charge in [0.2, 0.25) is 0 Å². The quantitative estimate of drug-likeness (QED) is 0.864. The van der Waals surface area contributed by atoms with Gasteiger partial charge < -0.3 is 5.73 Å². The van der Waals surface area contributed by atoms with Crippen molar-refractivity contribution in [3.8, 4) is 0 Å². The first-order chi connectivity index (χ1) is 7.14. The highest BCUT2D eigenvalue weighted by atomic mass is 35.5. The second kappa shape index (κ2) is 4.40. The van der Waals surface area contributed by atoms with E-state index < -0.39 is 0 Å². The fourth-order valence-corrected chi connectivity index (χ4v) is 3.37. The van der Waals surface area contributed by atoms with E-state index in [9.17, 15) is 0 Å². The third-order valence-electron chi connectivity index (χ3n) is 3.48. The molecular weight excluding hydrogens is 228 g/mol. The van der Waals surface area contributed by atoms with Crippen LogP contribution in [0.25, 0.3) is 0 Å². The Morgan fingerprint density at radius 1 is 1.60 bits per heavy atom. The maximum absolute atomic E-state index is 6.40. The Labute approximate surface area is 99.8 Å².